The molecule has 1 aromatic rings. The maximum absolute atomic E-state index is 13.3. The average molecular weight is 465 g/mol. The van der Waals surface area contributed by atoms with Crippen LogP contribution in [-0.4, -0.2) is 26.3 Å². The van der Waals surface area contributed by atoms with Crippen LogP contribution in [-0.2, 0) is 17.5 Å². The van der Waals surface area contributed by atoms with Gasteiger partial charge in [-0.05, 0) is 105 Å². The minimum atomic E-state index is -4.44. The van der Waals surface area contributed by atoms with E-state index < -0.39 is 17.3 Å². The van der Waals surface area contributed by atoms with Crippen LogP contribution in [0.1, 0.15) is 83.6 Å². The van der Waals surface area contributed by atoms with Crippen LogP contribution in [0.3, 0.4) is 0 Å². The van der Waals surface area contributed by atoms with Crippen molar-refractivity contribution in [3.63, 3.8) is 0 Å². The van der Waals surface area contributed by atoms with E-state index in [0.29, 0.717) is 22.7 Å². The lowest BCUT2D eigenvalue weighted by Crippen LogP contribution is -2.51. The number of hydrogen-bond acceptors (Lipinski definition) is 3. The van der Waals surface area contributed by atoms with Crippen molar-refractivity contribution in [1.29, 1.82) is 0 Å². The summed E-state index contributed by atoms with van der Waals surface area (Å²) >= 11 is 0. The summed E-state index contributed by atoms with van der Waals surface area (Å²) < 4.78 is 39.9. The Morgan fingerprint density at radius 3 is 2.61 bits per heavy atom. The topological polar surface area (TPSA) is 55.1 Å². The molecular formula is C26H35F3N2O2. The summed E-state index contributed by atoms with van der Waals surface area (Å²) in [6, 6.07) is 0. The highest BCUT2D eigenvalue weighted by Crippen LogP contribution is 2.83. The average Bonchev–Trinajstić information content (AvgIpc) is 2.99. The molecule has 5 aliphatic carbocycles. The molecule has 5 fully saturated rings. The number of rotatable bonds is 3. The lowest BCUT2D eigenvalue weighted by Gasteiger charge is -2.56. The van der Waals surface area contributed by atoms with Crippen LogP contribution in [0.5, 0.6) is 0 Å². The van der Waals surface area contributed by atoms with Crippen LogP contribution in [0.15, 0.2) is 12.4 Å². The number of aromatic nitrogens is 2. The Morgan fingerprint density at radius 2 is 1.88 bits per heavy atom. The van der Waals surface area contributed by atoms with Gasteiger partial charge in [-0.1, -0.05) is 6.92 Å². The minimum absolute atomic E-state index is 0.0405. The zero-order chi connectivity index (χ0) is 23.4. The molecule has 4 nitrogen and oxygen atoms in total. The van der Waals surface area contributed by atoms with Gasteiger partial charge in [-0.25, -0.2) is 0 Å². The van der Waals surface area contributed by atoms with E-state index in [-0.39, 0.29) is 23.7 Å². The van der Waals surface area contributed by atoms with Gasteiger partial charge >= 0.3 is 6.18 Å². The van der Waals surface area contributed by atoms with Gasteiger partial charge in [-0.2, -0.15) is 18.3 Å². The van der Waals surface area contributed by atoms with Crippen LogP contribution >= 0.6 is 0 Å². The largest absolute Gasteiger partial charge is 0.419 e. The van der Waals surface area contributed by atoms with Crippen LogP contribution in [0, 0.1) is 39.9 Å². The molecule has 0 saturated heterocycles. The van der Waals surface area contributed by atoms with Gasteiger partial charge in [-0.3, -0.25) is 9.48 Å². The number of carbonyl (C=O) groups is 1. The number of aliphatic hydroxyl groups is 1. The van der Waals surface area contributed by atoms with E-state index in [4.69, 9.17) is 0 Å². The molecular weight excluding hydrogens is 429 g/mol. The molecule has 1 N–H and O–H groups in total. The highest BCUT2D eigenvalue weighted by molar-refractivity contribution is 5.82. The number of halogens is 3. The van der Waals surface area contributed by atoms with Gasteiger partial charge < -0.3 is 5.11 Å². The van der Waals surface area contributed by atoms with E-state index in [0.717, 1.165) is 63.3 Å². The first-order valence-corrected chi connectivity index (χ1v) is 12.7. The fourth-order valence-electron chi connectivity index (χ4n) is 9.81. The fraction of sp³-hybridized carbons (Fsp3) is 0.846. The standard InChI is InChI=1S/C26H35F3N2O2/c1-22(33)9-10-25-15-24(25,14-22)8-5-17-18-3-4-20(23(18,2)7-6-19(17)25)21(32)13-31-12-16(11-30-31)26(27,28)29/h11-12,17-20,33H,3-10,13-15H2,1-2H3/t17-,18-,19-,20+,22+,23-,24?,25-/m0/s1. The van der Waals surface area contributed by atoms with E-state index in [1.165, 1.54) is 23.9 Å². The van der Waals surface area contributed by atoms with Crippen molar-refractivity contribution < 1.29 is 23.1 Å². The zero-order valence-electron chi connectivity index (χ0n) is 19.6. The van der Waals surface area contributed by atoms with Gasteiger partial charge in [0.25, 0.3) is 0 Å². The molecule has 33 heavy (non-hydrogen) atoms. The predicted molar refractivity (Wildman–Crippen MR) is 116 cm³/mol. The van der Waals surface area contributed by atoms with E-state index in [1.54, 1.807) is 0 Å². The third-order valence-electron chi connectivity index (χ3n) is 11.2. The lowest BCUT2D eigenvalue weighted by atomic mass is 9.48. The Morgan fingerprint density at radius 1 is 1.09 bits per heavy atom. The van der Waals surface area contributed by atoms with Gasteiger partial charge in [-0.15, -0.1) is 0 Å². The number of alkyl halides is 3. The summed E-state index contributed by atoms with van der Waals surface area (Å²) in [5.74, 6) is 1.86. The molecule has 1 unspecified atom stereocenters. The Balaban J connectivity index is 1.19. The predicted octanol–water partition coefficient (Wildman–Crippen LogP) is 5.63. The summed E-state index contributed by atoms with van der Waals surface area (Å²) in [6.45, 7) is 4.23. The number of nitrogens with zero attached hydrogens (tertiary/aromatic N) is 2. The highest BCUT2D eigenvalue weighted by atomic mass is 19.4. The monoisotopic (exact) mass is 464 g/mol. The molecule has 6 rings (SSSR count). The van der Waals surface area contributed by atoms with Crippen molar-refractivity contribution >= 4 is 5.78 Å². The van der Waals surface area contributed by atoms with Gasteiger partial charge in [0, 0.05) is 12.1 Å². The minimum Gasteiger partial charge on any atom is -0.390 e. The Kier molecular flexibility index (Phi) is 4.45. The maximum Gasteiger partial charge on any atom is 0.419 e. The zero-order valence-corrected chi connectivity index (χ0v) is 19.6. The summed E-state index contributed by atoms with van der Waals surface area (Å²) in [5.41, 5.74) is -0.589. The lowest BCUT2D eigenvalue weighted by molar-refractivity contribution is -0.138. The second-order valence-corrected chi connectivity index (χ2v) is 12.8. The van der Waals surface area contributed by atoms with Gasteiger partial charge in [0.05, 0.1) is 23.9 Å². The number of Topliss-reactive ketones (excluding diaryl/α,β-unsaturated/α-hetero) is 1. The molecule has 7 heteroatoms. The van der Waals surface area contributed by atoms with E-state index in [1.807, 2.05) is 6.92 Å². The van der Waals surface area contributed by atoms with Gasteiger partial charge in [0.2, 0.25) is 0 Å². The van der Waals surface area contributed by atoms with Crippen molar-refractivity contribution in [1.82, 2.24) is 9.78 Å². The molecule has 0 radical (unpaired) electrons. The first kappa shape index (κ1) is 22.1. The SMILES string of the molecule is C[C@@]1(O)CC[C@@]23CC2(CC[C@H]2[C@@H]4CC[C@H](C(=O)Cn5cc(C(F)(F)F)cn5)[C@@]4(C)CC[C@@H]23)C1. The van der Waals surface area contributed by atoms with Gasteiger partial charge in [0.15, 0.2) is 5.78 Å². The first-order valence-electron chi connectivity index (χ1n) is 12.7. The third-order valence-corrected chi connectivity index (χ3v) is 11.2. The van der Waals surface area contributed by atoms with Crippen molar-refractivity contribution in [3.8, 4) is 0 Å². The van der Waals surface area contributed by atoms with Crippen molar-refractivity contribution in [2.45, 2.75) is 96.4 Å². The Bertz CT molecular complexity index is 986. The Labute approximate surface area is 193 Å². The molecule has 1 aromatic heterocycles. The molecule has 0 amide bonds. The van der Waals surface area contributed by atoms with E-state index in [2.05, 4.69) is 12.0 Å². The van der Waals surface area contributed by atoms with Crippen LogP contribution < -0.4 is 0 Å². The first-order chi connectivity index (χ1) is 15.4. The smallest absolute Gasteiger partial charge is 0.390 e. The second kappa shape index (κ2) is 6.64. The van der Waals surface area contributed by atoms with Crippen molar-refractivity contribution in [3.05, 3.63) is 18.0 Å². The third kappa shape index (κ3) is 3.06. The van der Waals surface area contributed by atoms with E-state index in [9.17, 15) is 23.1 Å². The van der Waals surface area contributed by atoms with Crippen LogP contribution in [0.4, 0.5) is 13.2 Å². The van der Waals surface area contributed by atoms with Crippen LogP contribution in [0.2, 0.25) is 0 Å². The Hall–Kier alpha value is -1.37. The molecule has 0 aliphatic heterocycles. The van der Waals surface area contributed by atoms with Crippen molar-refractivity contribution in [2.24, 2.45) is 39.9 Å². The fourth-order valence-corrected chi connectivity index (χ4v) is 9.81. The molecule has 1 heterocycles. The van der Waals surface area contributed by atoms with Crippen LogP contribution in [0.25, 0.3) is 0 Å². The molecule has 0 aromatic carbocycles. The molecule has 5 saturated carbocycles. The summed E-state index contributed by atoms with van der Waals surface area (Å²) in [4.78, 5) is 13.3. The normalized spacial score (nSPS) is 48.4. The second-order valence-electron chi connectivity index (χ2n) is 12.8. The summed E-state index contributed by atoms with van der Waals surface area (Å²) in [7, 11) is 0. The molecule has 182 valence electrons. The summed E-state index contributed by atoms with van der Waals surface area (Å²) in [6.07, 6.45) is 8.14. The quantitative estimate of drug-likeness (QED) is 0.630. The number of fused-ring (bicyclic) bond motifs is 3. The maximum atomic E-state index is 13.3. The number of carbonyl (C=O) groups excluding carboxylic acids is 1. The molecule has 0 bridgehead atoms. The molecule has 5 aliphatic rings. The van der Waals surface area contributed by atoms with E-state index >= 15 is 0 Å². The van der Waals surface area contributed by atoms with Gasteiger partial charge in [0.1, 0.15) is 0 Å². The number of hydrogen-bond donors (Lipinski definition) is 1. The van der Waals surface area contributed by atoms with Crippen molar-refractivity contribution in [2.75, 3.05) is 0 Å². The highest BCUT2D eigenvalue weighted by Gasteiger charge is 2.76. The summed E-state index contributed by atoms with van der Waals surface area (Å²) in [5, 5.41) is 14.6. The molecule has 8 atom stereocenters. The molecule has 0 spiro atoms. The number of ketones is 1.